The van der Waals surface area contributed by atoms with Crippen LogP contribution in [0.3, 0.4) is 0 Å². The normalized spacial score (nSPS) is 15.2. The lowest BCUT2D eigenvalue weighted by Crippen LogP contribution is -3.08. The van der Waals surface area contributed by atoms with Crippen LogP contribution in [0.4, 0.5) is 0 Å². The summed E-state index contributed by atoms with van der Waals surface area (Å²) in [6, 6.07) is 9.68. The molecule has 1 N–H and O–H groups in total. The predicted octanol–water partition coefficient (Wildman–Crippen LogP) is 1.41. The molecule has 3 rings (SSSR count). The van der Waals surface area contributed by atoms with Crippen LogP contribution in [0.1, 0.15) is 29.9 Å². The highest BCUT2D eigenvalue weighted by Gasteiger charge is 2.19. The molecule has 2 aromatic rings. The van der Waals surface area contributed by atoms with Gasteiger partial charge in [0, 0.05) is 18.6 Å². The molecule has 1 aliphatic rings. The summed E-state index contributed by atoms with van der Waals surface area (Å²) < 4.78 is 5.68. The molecule has 0 atom stereocenters. The van der Waals surface area contributed by atoms with E-state index in [0.717, 1.165) is 23.8 Å². The Morgan fingerprint density at radius 3 is 2.67 bits per heavy atom. The van der Waals surface area contributed by atoms with Crippen LogP contribution in [0.25, 0.3) is 0 Å². The van der Waals surface area contributed by atoms with Crippen LogP contribution in [0.15, 0.2) is 33.9 Å². The number of hydrogen-bond donors (Lipinski definition) is 1. The first-order valence-corrected chi connectivity index (χ1v) is 8.10. The Hall–Kier alpha value is -1.84. The third-order valence-corrected chi connectivity index (χ3v) is 4.50. The lowest BCUT2D eigenvalue weighted by molar-refractivity contribution is -0.902. The van der Waals surface area contributed by atoms with E-state index in [1.165, 1.54) is 42.6 Å². The second-order valence-corrected chi connectivity index (χ2v) is 6.12. The van der Waals surface area contributed by atoms with Crippen molar-refractivity contribution in [1.29, 1.82) is 5.26 Å². The molecule has 5 nitrogen and oxygen atoms in total. The maximum atomic E-state index is 8.77. The van der Waals surface area contributed by atoms with Gasteiger partial charge in [-0.15, -0.1) is 10.2 Å². The Kier molecular flexibility index (Phi) is 4.53. The van der Waals surface area contributed by atoms with E-state index < -0.39 is 0 Å². The molecule has 0 amide bonds. The zero-order chi connectivity index (χ0) is 14.5. The van der Waals surface area contributed by atoms with Gasteiger partial charge in [-0.3, -0.25) is 0 Å². The minimum Gasteiger partial charge on any atom is -0.410 e. The minimum atomic E-state index is 0.618. The van der Waals surface area contributed by atoms with Gasteiger partial charge in [-0.2, -0.15) is 5.26 Å². The number of aromatic nitrogens is 2. The van der Waals surface area contributed by atoms with Gasteiger partial charge in [0.05, 0.1) is 24.7 Å². The van der Waals surface area contributed by atoms with Crippen LogP contribution in [-0.2, 0) is 12.3 Å². The first-order valence-electron chi connectivity index (χ1n) is 7.11. The fourth-order valence-electron chi connectivity index (χ4n) is 2.45. The molecule has 21 heavy (non-hydrogen) atoms. The monoisotopic (exact) mass is 301 g/mol. The van der Waals surface area contributed by atoms with Crippen LogP contribution in [0, 0.1) is 11.3 Å². The summed E-state index contributed by atoms with van der Waals surface area (Å²) in [5, 5.41) is 17.6. The van der Waals surface area contributed by atoms with E-state index in [-0.39, 0.29) is 0 Å². The Morgan fingerprint density at radius 2 is 1.95 bits per heavy atom. The molecule has 2 heterocycles. The third kappa shape index (κ3) is 3.84. The molecule has 0 unspecified atom stereocenters. The van der Waals surface area contributed by atoms with Crippen LogP contribution < -0.4 is 4.90 Å². The second-order valence-electron chi connectivity index (χ2n) is 5.19. The molecule has 1 aromatic heterocycles. The van der Waals surface area contributed by atoms with Crippen molar-refractivity contribution in [3.63, 3.8) is 0 Å². The quantitative estimate of drug-likeness (QED) is 0.846. The van der Waals surface area contributed by atoms with E-state index in [1.807, 2.05) is 24.3 Å². The van der Waals surface area contributed by atoms with Gasteiger partial charge in [0.15, 0.2) is 6.54 Å². The van der Waals surface area contributed by atoms with Crippen LogP contribution in [0.5, 0.6) is 0 Å². The average Bonchev–Trinajstić information content (AvgIpc) is 3.18. The lowest BCUT2D eigenvalue weighted by atomic mass is 10.2. The Bertz CT molecular complexity index is 626. The van der Waals surface area contributed by atoms with Gasteiger partial charge < -0.3 is 9.32 Å². The maximum absolute atomic E-state index is 8.77. The maximum Gasteiger partial charge on any atom is 0.277 e. The van der Waals surface area contributed by atoms with Gasteiger partial charge in [0.25, 0.3) is 11.1 Å². The summed E-state index contributed by atoms with van der Waals surface area (Å²) in [4.78, 5) is 1.53. The number of likely N-dealkylation sites (tertiary alicyclic amines) is 1. The van der Waals surface area contributed by atoms with Crippen molar-refractivity contribution in [2.45, 2.75) is 30.4 Å². The van der Waals surface area contributed by atoms with Crippen molar-refractivity contribution in [3.05, 3.63) is 41.3 Å². The zero-order valence-corrected chi connectivity index (χ0v) is 12.5. The van der Waals surface area contributed by atoms with E-state index in [2.05, 4.69) is 16.3 Å². The summed E-state index contributed by atoms with van der Waals surface area (Å²) in [6.07, 6.45) is 2.59. The molecule has 6 heteroatoms. The summed E-state index contributed by atoms with van der Waals surface area (Å²) in [5.41, 5.74) is 1.82. The molecular formula is C15H17N4OS+. The Balaban J connectivity index is 1.53. The van der Waals surface area contributed by atoms with Crippen molar-refractivity contribution >= 4 is 11.8 Å². The standard InChI is InChI=1S/C15H16N4OS/c16-9-12-3-5-13(6-4-12)11-21-15-18-17-14(20-15)10-19-7-1-2-8-19/h3-6H,1-2,7-8,10-11H2/p+1. The van der Waals surface area contributed by atoms with Crippen molar-refractivity contribution in [2.75, 3.05) is 13.1 Å². The number of nitrogens with one attached hydrogen (secondary N) is 1. The molecule has 0 saturated carbocycles. The number of nitrogens with zero attached hydrogens (tertiary/aromatic N) is 3. The molecule has 0 bridgehead atoms. The molecule has 1 aromatic carbocycles. The molecular weight excluding hydrogens is 284 g/mol. The van der Waals surface area contributed by atoms with Gasteiger partial charge >= 0.3 is 0 Å². The average molecular weight is 301 g/mol. The van der Waals surface area contributed by atoms with E-state index >= 15 is 0 Å². The molecule has 0 spiro atoms. The molecule has 1 aliphatic heterocycles. The highest BCUT2D eigenvalue weighted by Crippen LogP contribution is 2.21. The second kappa shape index (κ2) is 6.74. The van der Waals surface area contributed by atoms with Gasteiger partial charge in [-0.1, -0.05) is 23.9 Å². The fourth-order valence-corrected chi connectivity index (χ4v) is 3.19. The number of quaternary nitrogens is 1. The van der Waals surface area contributed by atoms with E-state index in [0.29, 0.717) is 10.8 Å². The summed E-state index contributed by atoms with van der Waals surface area (Å²) in [6.45, 7) is 3.25. The summed E-state index contributed by atoms with van der Waals surface area (Å²) >= 11 is 1.53. The third-order valence-electron chi connectivity index (χ3n) is 3.61. The zero-order valence-electron chi connectivity index (χ0n) is 11.7. The molecule has 1 saturated heterocycles. The Labute approximate surface area is 128 Å². The smallest absolute Gasteiger partial charge is 0.277 e. The van der Waals surface area contributed by atoms with Gasteiger partial charge in [-0.25, -0.2) is 0 Å². The summed E-state index contributed by atoms with van der Waals surface area (Å²) in [7, 11) is 0. The largest absolute Gasteiger partial charge is 0.410 e. The van der Waals surface area contributed by atoms with Crippen LogP contribution >= 0.6 is 11.8 Å². The van der Waals surface area contributed by atoms with Crippen molar-refractivity contribution in [1.82, 2.24) is 10.2 Å². The van der Waals surface area contributed by atoms with E-state index in [1.54, 1.807) is 0 Å². The van der Waals surface area contributed by atoms with Gasteiger partial charge in [0.1, 0.15) is 0 Å². The molecule has 1 fully saturated rings. The number of hydrogen-bond acceptors (Lipinski definition) is 5. The molecule has 0 radical (unpaired) electrons. The fraction of sp³-hybridized carbons (Fsp3) is 0.400. The minimum absolute atomic E-state index is 0.618. The molecule has 108 valence electrons. The number of nitriles is 1. The van der Waals surface area contributed by atoms with Crippen LogP contribution in [-0.4, -0.2) is 23.3 Å². The lowest BCUT2D eigenvalue weighted by Gasteiger charge is -2.07. The SMILES string of the molecule is N#Cc1ccc(CSc2nnc(C[NH+]3CCCC3)o2)cc1. The van der Waals surface area contributed by atoms with E-state index in [9.17, 15) is 0 Å². The summed E-state index contributed by atoms with van der Waals surface area (Å²) in [5.74, 6) is 1.50. The Morgan fingerprint density at radius 1 is 1.19 bits per heavy atom. The topological polar surface area (TPSA) is 67.2 Å². The van der Waals surface area contributed by atoms with Crippen LogP contribution in [0.2, 0.25) is 0 Å². The first kappa shape index (κ1) is 14.1. The highest BCUT2D eigenvalue weighted by atomic mass is 32.2. The number of rotatable bonds is 5. The number of benzene rings is 1. The number of thioether (sulfide) groups is 1. The van der Waals surface area contributed by atoms with E-state index in [4.69, 9.17) is 9.68 Å². The molecule has 0 aliphatic carbocycles. The van der Waals surface area contributed by atoms with Crippen molar-refractivity contribution < 1.29 is 9.32 Å². The van der Waals surface area contributed by atoms with Crippen molar-refractivity contribution in [3.8, 4) is 6.07 Å². The predicted molar refractivity (Wildman–Crippen MR) is 78.7 cm³/mol. The first-order chi connectivity index (χ1) is 10.3. The van der Waals surface area contributed by atoms with Gasteiger partial charge in [-0.05, 0) is 17.7 Å². The highest BCUT2D eigenvalue weighted by molar-refractivity contribution is 7.98. The van der Waals surface area contributed by atoms with Gasteiger partial charge in [0.2, 0.25) is 0 Å². The van der Waals surface area contributed by atoms with Crippen molar-refractivity contribution in [2.24, 2.45) is 0 Å².